The maximum Gasteiger partial charge on any atom is 0.304 e. The van der Waals surface area contributed by atoms with E-state index in [-0.39, 0.29) is 12.8 Å². The summed E-state index contributed by atoms with van der Waals surface area (Å²) in [6.45, 7) is 0. The first-order valence-corrected chi connectivity index (χ1v) is 4.16. The quantitative estimate of drug-likeness (QED) is 0.658. The molecule has 0 atom stereocenters. The summed E-state index contributed by atoms with van der Waals surface area (Å²) in [5.41, 5.74) is 0.648. The normalized spacial score (nSPS) is 10.4. The zero-order chi connectivity index (χ0) is 10.6. The van der Waals surface area contributed by atoms with Crippen LogP contribution in [-0.2, 0) is 9.59 Å². The number of rotatable bonds is 5. The summed E-state index contributed by atoms with van der Waals surface area (Å²) < 4.78 is 0. The molecule has 0 amide bonds. The lowest BCUT2D eigenvalue weighted by Gasteiger charge is -2.09. The van der Waals surface area contributed by atoms with Crippen molar-refractivity contribution in [2.45, 2.75) is 18.8 Å². The van der Waals surface area contributed by atoms with Crippen LogP contribution in [0.1, 0.15) is 24.5 Å². The third kappa shape index (κ3) is 2.93. The Balaban J connectivity index is 2.71. The van der Waals surface area contributed by atoms with Crippen molar-refractivity contribution in [3.8, 4) is 0 Å². The van der Waals surface area contributed by atoms with Gasteiger partial charge in [-0.05, 0) is 12.1 Å². The average Bonchev–Trinajstić information content (AvgIpc) is 2.52. The van der Waals surface area contributed by atoms with Crippen LogP contribution in [0.15, 0.2) is 18.3 Å². The average molecular weight is 197 g/mol. The van der Waals surface area contributed by atoms with Gasteiger partial charge in [0.1, 0.15) is 0 Å². The lowest BCUT2D eigenvalue weighted by molar-refractivity contribution is -0.139. The van der Waals surface area contributed by atoms with E-state index in [0.717, 1.165) is 0 Å². The molecule has 1 aromatic rings. The van der Waals surface area contributed by atoms with E-state index in [2.05, 4.69) is 4.98 Å². The number of carboxylic acids is 2. The first-order valence-electron chi connectivity index (χ1n) is 4.16. The van der Waals surface area contributed by atoms with E-state index in [0.29, 0.717) is 5.69 Å². The molecule has 0 saturated heterocycles. The number of carbonyl (C=O) groups is 2. The molecule has 1 heterocycles. The molecule has 0 fully saturated rings. The Hall–Kier alpha value is -1.78. The van der Waals surface area contributed by atoms with Gasteiger partial charge in [-0.2, -0.15) is 0 Å². The Morgan fingerprint density at radius 2 is 1.86 bits per heavy atom. The highest BCUT2D eigenvalue weighted by Gasteiger charge is 2.19. The second kappa shape index (κ2) is 4.45. The summed E-state index contributed by atoms with van der Waals surface area (Å²) in [4.78, 5) is 23.8. The summed E-state index contributed by atoms with van der Waals surface area (Å²) in [6, 6.07) is 3.41. The lowest BCUT2D eigenvalue weighted by Crippen LogP contribution is -2.11. The van der Waals surface area contributed by atoms with E-state index < -0.39 is 17.9 Å². The molecule has 5 nitrogen and oxygen atoms in total. The Morgan fingerprint density at radius 1 is 1.29 bits per heavy atom. The minimum atomic E-state index is -0.995. The second-order valence-electron chi connectivity index (χ2n) is 3.02. The van der Waals surface area contributed by atoms with Crippen LogP contribution in [-0.4, -0.2) is 27.1 Å². The van der Waals surface area contributed by atoms with E-state index in [9.17, 15) is 9.59 Å². The van der Waals surface area contributed by atoms with Crippen molar-refractivity contribution in [3.63, 3.8) is 0 Å². The molecule has 76 valence electrons. The highest BCUT2D eigenvalue weighted by atomic mass is 16.4. The first kappa shape index (κ1) is 10.3. The van der Waals surface area contributed by atoms with E-state index in [4.69, 9.17) is 10.2 Å². The van der Waals surface area contributed by atoms with Crippen molar-refractivity contribution in [1.82, 2.24) is 4.98 Å². The molecule has 0 aliphatic heterocycles. The highest BCUT2D eigenvalue weighted by molar-refractivity contribution is 5.72. The van der Waals surface area contributed by atoms with Crippen molar-refractivity contribution in [3.05, 3.63) is 24.0 Å². The van der Waals surface area contributed by atoms with Crippen LogP contribution in [0.3, 0.4) is 0 Å². The van der Waals surface area contributed by atoms with Gasteiger partial charge in [0.2, 0.25) is 0 Å². The molecular weight excluding hydrogens is 186 g/mol. The van der Waals surface area contributed by atoms with Gasteiger partial charge in [0.05, 0.1) is 12.8 Å². The smallest absolute Gasteiger partial charge is 0.304 e. The molecule has 5 heteroatoms. The molecule has 1 rings (SSSR count). The number of aromatic amines is 1. The fourth-order valence-corrected chi connectivity index (χ4v) is 1.31. The van der Waals surface area contributed by atoms with Crippen molar-refractivity contribution in [2.75, 3.05) is 0 Å². The van der Waals surface area contributed by atoms with E-state index in [1.165, 1.54) is 0 Å². The summed E-state index contributed by atoms with van der Waals surface area (Å²) in [6.07, 6.45) is 1.30. The number of aromatic nitrogens is 1. The number of hydrogen-bond acceptors (Lipinski definition) is 2. The fraction of sp³-hybridized carbons (Fsp3) is 0.333. The van der Waals surface area contributed by atoms with Gasteiger partial charge in [0, 0.05) is 17.8 Å². The van der Waals surface area contributed by atoms with Gasteiger partial charge < -0.3 is 15.2 Å². The SMILES string of the molecule is O=C(O)CC(CC(=O)O)c1ccc[nH]1. The summed E-state index contributed by atoms with van der Waals surface area (Å²) in [5.74, 6) is -2.48. The van der Waals surface area contributed by atoms with Crippen LogP contribution >= 0.6 is 0 Å². The number of carboxylic acid groups (broad SMARTS) is 2. The molecule has 0 spiro atoms. The van der Waals surface area contributed by atoms with Crippen LogP contribution in [0.5, 0.6) is 0 Å². The van der Waals surface area contributed by atoms with Crippen LogP contribution in [0, 0.1) is 0 Å². The Labute approximate surface area is 80.4 Å². The monoisotopic (exact) mass is 197 g/mol. The molecule has 14 heavy (non-hydrogen) atoms. The van der Waals surface area contributed by atoms with Crippen molar-refractivity contribution >= 4 is 11.9 Å². The molecule has 1 aromatic heterocycles. The van der Waals surface area contributed by atoms with E-state index in [1.807, 2.05) is 0 Å². The lowest BCUT2D eigenvalue weighted by atomic mass is 9.98. The topological polar surface area (TPSA) is 90.4 Å². The minimum Gasteiger partial charge on any atom is -0.481 e. The molecule has 0 radical (unpaired) electrons. The number of H-pyrrole nitrogens is 1. The molecule has 0 bridgehead atoms. The zero-order valence-electron chi connectivity index (χ0n) is 7.43. The Morgan fingerprint density at radius 3 is 2.21 bits per heavy atom. The van der Waals surface area contributed by atoms with E-state index >= 15 is 0 Å². The standard InChI is InChI=1S/C9H11NO4/c11-8(12)4-6(5-9(13)14)7-2-1-3-10-7/h1-3,6,10H,4-5H2,(H,11,12)(H,13,14). The van der Waals surface area contributed by atoms with Crippen LogP contribution < -0.4 is 0 Å². The first-order chi connectivity index (χ1) is 6.59. The van der Waals surface area contributed by atoms with Crippen LogP contribution in [0.4, 0.5) is 0 Å². The van der Waals surface area contributed by atoms with Gasteiger partial charge in [-0.15, -0.1) is 0 Å². The molecule has 0 aromatic carbocycles. The van der Waals surface area contributed by atoms with Gasteiger partial charge in [0.25, 0.3) is 0 Å². The highest BCUT2D eigenvalue weighted by Crippen LogP contribution is 2.21. The Kier molecular flexibility index (Phi) is 3.28. The molecular formula is C9H11NO4. The van der Waals surface area contributed by atoms with Crippen molar-refractivity contribution in [2.24, 2.45) is 0 Å². The maximum absolute atomic E-state index is 10.5. The molecule has 0 saturated carbocycles. The van der Waals surface area contributed by atoms with Gasteiger partial charge in [-0.25, -0.2) is 0 Å². The summed E-state index contributed by atoms with van der Waals surface area (Å²) >= 11 is 0. The molecule has 3 N–H and O–H groups in total. The van der Waals surface area contributed by atoms with Crippen molar-refractivity contribution < 1.29 is 19.8 Å². The van der Waals surface area contributed by atoms with Crippen molar-refractivity contribution in [1.29, 1.82) is 0 Å². The molecule has 0 aliphatic rings. The third-order valence-electron chi connectivity index (χ3n) is 1.90. The van der Waals surface area contributed by atoms with Crippen LogP contribution in [0.25, 0.3) is 0 Å². The Bertz CT molecular complexity index is 302. The van der Waals surface area contributed by atoms with Gasteiger partial charge >= 0.3 is 11.9 Å². The van der Waals surface area contributed by atoms with Gasteiger partial charge in [-0.3, -0.25) is 9.59 Å². The number of nitrogens with one attached hydrogen (secondary N) is 1. The number of hydrogen-bond donors (Lipinski definition) is 3. The maximum atomic E-state index is 10.5. The van der Waals surface area contributed by atoms with E-state index in [1.54, 1.807) is 18.3 Å². The molecule has 0 unspecified atom stereocenters. The summed E-state index contributed by atoms with van der Waals surface area (Å²) in [7, 11) is 0. The third-order valence-corrected chi connectivity index (χ3v) is 1.90. The zero-order valence-corrected chi connectivity index (χ0v) is 7.43. The summed E-state index contributed by atoms with van der Waals surface area (Å²) in [5, 5.41) is 17.2. The predicted molar refractivity (Wildman–Crippen MR) is 48.0 cm³/mol. The fourth-order valence-electron chi connectivity index (χ4n) is 1.31. The largest absolute Gasteiger partial charge is 0.481 e. The predicted octanol–water partition coefficient (Wildman–Crippen LogP) is 1.05. The number of aliphatic carboxylic acids is 2. The van der Waals surface area contributed by atoms with Crippen LogP contribution in [0.2, 0.25) is 0 Å². The second-order valence-corrected chi connectivity index (χ2v) is 3.02. The van der Waals surface area contributed by atoms with Gasteiger partial charge in [-0.1, -0.05) is 0 Å². The minimum absolute atomic E-state index is 0.174. The molecule has 0 aliphatic carbocycles. The van der Waals surface area contributed by atoms with Gasteiger partial charge in [0.15, 0.2) is 0 Å².